The third-order valence-corrected chi connectivity index (χ3v) is 2.88. The van der Waals surface area contributed by atoms with Crippen LogP contribution < -0.4 is 10.4 Å². The molecule has 1 atom stereocenters. The van der Waals surface area contributed by atoms with Gasteiger partial charge in [-0.25, -0.2) is 0 Å². The first-order chi connectivity index (χ1) is 8.56. The maximum absolute atomic E-state index is 11.9. The number of halogens is 1. The van der Waals surface area contributed by atoms with E-state index >= 15 is 0 Å². The molecular formula is C13H15ClNO3-. The van der Waals surface area contributed by atoms with Crippen LogP contribution in [0.2, 0.25) is 5.02 Å². The van der Waals surface area contributed by atoms with Gasteiger partial charge < -0.3 is 15.2 Å². The summed E-state index contributed by atoms with van der Waals surface area (Å²) in [4.78, 5) is 22.8. The number of carbonyl (C=O) groups is 2. The second-order valence-electron chi connectivity index (χ2n) is 3.97. The van der Waals surface area contributed by atoms with Gasteiger partial charge in [0.25, 0.3) is 5.91 Å². The third kappa shape index (κ3) is 4.04. The van der Waals surface area contributed by atoms with Gasteiger partial charge in [0.15, 0.2) is 0 Å². The van der Waals surface area contributed by atoms with Gasteiger partial charge in [0, 0.05) is 0 Å². The second-order valence-corrected chi connectivity index (χ2v) is 4.37. The van der Waals surface area contributed by atoms with E-state index in [1.807, 2.05) is 6.92 Å². The van der Waals surface area contributed by atoms with Crippen molar-refractivity contribution in [1.29, 1.82) is 0 Å². The summed E-state index contributed by atoms with van der Waals surface area (Å²) < 4.78 is 0. The summed E-state index contributed by atoms with van der Waals surface area (Å²) in [6.07, 6.45) is 1.92. The number of hydrogen-bond donors (Lipinski definition) is 1. The number of benzene rings is 1. The van der Waals surface area contributed by atoms with Crippen LogP contribution in [-0.2, 0) is 4.79 Å². The summed E-state index contributed by atoms with van der Waals surface area (Å²) in [6.45, 7) is 1.95. The zero-order chi connectivity index (χ0) is 13.5. The summed E-state index contributed by atoms with van der Waals surface area (Å²) in [6, 6.07) is 5.52. The van der Waals surface area contributed by atoms with E-state index in [0.29, 0.717) is 17.9 Å². The Labute approximate surface area is 111 Å². The van der Waals surface area contributed by atoms with Gasteiger partial charge in [0.1, 0.15) is 0 Å². The Morgan fingerprint density at radius 3 is 2.61 bits per heavy atom. The van der Waals surface area contributed by atoms with Crippen molar-refractivity contribution in [3.05, 3.63) is 34.9 Å². The molecule has 0 saturated heterocycles. The van der Waals surface area contributed by atoms with Gasteiger partial charge in [0.05, 0.1) is 22.6 Å². The van der Waals surface area contributed by atoms with Gasteiger partial charge in [-0.15, -0.1) is 0 Å². The Hall–Kier alpha value is -1.55. The van der Waals surface area contributed by atoms with Crippen molar-refractivity contribution in [2.45, 2.75) is 32.2 Å². The lowest BCUT2D eigenvalue weighted by Gasteiger charge is -2.19. The molecule has 0 aromatic heterocycles. The van der Waals surface area contributed by atoms with Crippen LogP contribution in [0.3, 0.4) is 0 Å². The smallest absolute Gasteiger partial charge is 0.253 e. The fourth-order valence-corrected chi connectivity index (χ4v) is 1.76. The third-order valence-electron chi connectivity index (χ3n) is 2.55. The lowest BCUT2D eigenvalue weighted by Crippen LogP contribution is -2.47. The van der Waals surface area contributed by atoms with E-state index in [9.17, 15) is 14.7 Å². The Morgan fingerprint density at radius 2 is 2.06 bits per heavy atom. The van der Waals surface area contributed by atoms with Gasteiger partial charge in [-0.1, -0.05) is 43.5 Å². The molecule has 18 heavy (non-hydrogen) atoms. The maximum atomic E-state index is 11.9. The first kappa shape index (κ1) is 14.5. The second kappa shape index (κ2) is 7.01. The fourth-order valence-electron chi connectivity index (χ4n) is 1.54. The molecule has 1 aromatic rings. The zero-order valence-electron chi connectivity index (χ0n) is 10.1. The highest BCUT2D eigenvalue weighted by molar-refractivity contribution is 6.33. The highest BCUT2D eigenvalue weighted by atomic mass is 35.5. The summed E-state index contributed by atoms with van der Waals surface area (Å²) in [7, 11) is 0. The van der Waals surface area contributed by atoms with Crippen molar-refractivity contribution in [3.63, 3.8) is 0 Å². The number of hydrogen-bond acceptors (Lipinski definition) is 3. The van der Waals surface area contributed by atoms with Gasteiger partial charge >= 0.3 is 0 Å². The molecule has 0 aliphatic carbocycles. The molecule has 0 radical (unpaired) electrons. The van der Waals surface area contributed by atoms with Crippen molar-refractivity contribution in [2.24, 2.45) is 0 Å². The van der Waals surface area contributed by atoms with Gasteiger partial charge in [0.2, 0.25) is 0 Å². The van der Waals surface area contributed by atoms with E-state index in [1.165, 1.54) is 0 Å². The van der Waals surface area contributed by atoms with Crippen LogP contribution >= 0.6 is 11.6 Å². The molecule has 0 unspecified atom stereocenters. The molecule has 1 aromatic carbocycles. The van der Waals surface area contributed by atoms with Crippen LogP contribution in [0, 0.1) is 0 Å². The van der Waals surface area contributed by atoms with E-state index in [-0.39, 0.29) is 5.56 Å². The van der Waals surface area contributed by atoms with Crippen LogP contribution in [0.15, 0.2) is 24.3 Å². The summed E-state index contributed by atoms with van der Waals surface area (Å²) in [5, 5.41) is 13.6. The summed E-state index contributed by atoms with van der Waals surface area (Å²) in [5.74, 6) is -1.77. The topological polar surface area (TPSA) is 69.2 Å². The number of aliphatic carboxylic acids is 1. The van der Waals surface area contributed by atoms with E-state index in [0.717, 1.165) is 6.42 Å². The molecule has 0 aliphatic heterocycles. The van der Waals surface area contributed by atoms with Gasteiger partial charge in [-0.05, 0) is 18.6 Å². The highest BCUT2D eigenvalue weighted by Gasteiger charge is 2.16. The Kier molecular flexibility index (Phi) is 5.65. The minimum atomic E-state index is -1.27. The van der Waals surface area contributed by atoms with E-state index in [1.54, 1.807) is 24.3 Å². The molecule has 0 aliphatic rings. The molecule has 0 spiro atoms. The van der Waals surface area contributed by atoms with Gasteiger partial charge in [-0.2, -0.15) is 0 Å². The number of unbranched alkanes of at least 4 members (excludes halogenated alkanes) is 1. The minimum absolute atomic E-state index is 0.266. The number of carboxylic acid groups (broad SMARTS) is 1. The standard InChI is InChI=1S/C13H16ClNO3/c1-2-3-8-11(13(17)18)15-12(16)9-6-4-5-7-10(9)14/h4-7,11H,2-3,8H2,1H3,(H,15,16)(H,17,18)/p-1/t11-/m1/s1. The van der Waals surface area contributed by atoms with Crippen molar-refractivity contribution >= 4 is 23.5 Å². The molecule has 0 fully saturated rings. The molecule has 5 heteroatoms. The van der Waals surface area contributed by atoms with Crippen LogP contribution in [0.5, 0.6) is 0 Å². The molecule has 0 saturated carbocycles. The number of carbonyl (C=O) groups excluding carboxylic acids is 2. The Balaban J connectivity index is 2.72. The van der Waals surface area contributed by atoms with Crippen LogP contribution in [0.4, 0.5) is 0 Å². The zero-order valence-corrected chi connectivity index (χ0v) is 10.9. The average molecular weight is 269 g/mol. The van der Waals surface area contributed by atoms with Crippen LogP contribution in [-0.4, -0.2) is 17.9 Å². The molecule has 1 N–H and O–H groups in total. The number of carboxylic acids is 1. The Morgan fingerprint density at radius 1 is 1.39 bits per heavy atom. The first-order valence-corrected chi connectivity index (χ1v) is 6.20. The monoisotopic (exact) mass is 268 g/mol. The molecule has 98 valence electrons. The lowest BCUT2D eigenvalue weighted by atomic mass is 10.1. The van der Waals surface area contributed by atoms with E-state index < -0.39 is 17.9 Å². The van der Waals surface area contributed by atoms with Crippen molar-refractivity contribution in [2.75, 3.05) is 0 Å². The summed E-state index contributed by atoms with van der Waals surface area (Å²) in [5.41, 5.74) is 0.266. The van der Waals surface area contributed by atoms with Crippen molar-refractivity contribution in [1.82, 2.24) is 5.32 Å². The number of nitrogens with one attached hydrogen (secondary N) is 1. The normalized spacial score (nSPS) is 11.9. The molecular weight excluding hydrogens is 254 g/mol. The first-order valence-electron chi connectivity index (χ1n) is 5.82. The fraction of sp³-hybridized carbons (Fsp3) is 0.385. The molecule has 1 amide bonds. The molecule has 0 bridgehead atoms. The molecule has 0 heterocycles. The molecule has 4 nitrogen and oxygen atoms in total. The predicted octanol–water partition coefficient (Wildman–Crippen LogP) is 1.38. The average Bonchev–Trinajstić information content (AvgIpc) is 2.34. The maximum Gasteiger partial charge on any atom is 0.253 e. The quantitative estimate of drug-likeness (QED) is 0.847. The summed E-state index contributed by atoms with van der Waals surface area (Å²) >= 11 is 5.86. The van der Waals surface area contributed by atoms with Crippen molar-refractivity contribution in [3.8, 4) is 0 Å². The Bertz CT molecular complexity index is 434. The van der Waals surface area contributed by atoms with E-state index in [4.69, 9.17) is 11.6 Å². The minimum Gasteiger partial charge on any atom is -0.548 e. The van der Waals surface area contributed by atoms with Crippen molar-refractivity contribution < 1.29 is 14.7 Å². The largest absolute Gasteiger partial charge is 0.548 e. The van der Waals surface area contributed by atoms with E-state index in [2.05, 4.69) is 5.32 Å². The SMILES string of the molecule is CCCC[C@@H](NC(=O)c1ccccc1Cl)C(=O)[O-]. The highest BCUT2D eigenvalue weighted by Crippen LogP contribution is 2.15. The number of amides is 1. The number of rotatable bonds is 6. The van der Waals surface area contributed by atoms with Crippen LogP contribution in [0.1, 0.15) is 36.5 Å². The molecule has 1 rings (SSSR count). The van der Waals surface area contributed by atoms with Crippen LogP contribution in [0.25, 0.3) is 0 Å². The van der Waals surface area contributed by atoms with Gasteiger partial charge in [-0.3, -0.25) is 4.79 Å². The lowest BCUT2D eigenvalue weighted by molar-refractivity contribution is -0.308. The predicted molar refractivity (Wildman–Crippen MR) is 67.2 cm³/mol.